The molecule has 0 rings (SSSR count). The summed E-state index contributed by atoms with van der Waals surface area (Å²) in [6.45, 7) is 3.98. The van der Waals surface area contributed by atoms with Gasteiger partial charge in [0.05, 0.1) is 0 Å². The predicted molar refractivity (Wildman–Crippen MR) is 43.5 cm³/mol. The fourth-order valence-electron chi connectivity index (χ4n) is 0.762. The fraction of sp³-hybridized carbons (Fsp3) is 0.714. The molecule has 0 heterocycles. The summed E-state index contributed by atoms with van der Waals surface area (Å²) in [5, 5.41) is 17.5. The molecule has 0 unspecified atom stereocenters. The minimum atomic E-state index is -1.25. The summed E-state index contributed by atoms with van der Waals surface area (Å²) in [6.07, 6.45) is 4.60. The molecule has 0 saturated carbocycles. The Bertz CT molecular complexity index is 110. The van der Waals surface area contributed by atoms with Crippen LogP contribution in [0.25, 0.3) is 0 Å². The van der Waals surface area contributed by atoms with Crippen molar-refractivity contribution in [2.75, 3.05) is 0 Å². The third-order valence-corrected chi connectivity index (χ3v) is 1.44. The summed E-state index contributed by atoms with van der Waals surface area (Å²) in [6, 6.07) is 0. The van der Waals surface area contributed by atoms with E-state index in [1.807, 2.05) is 13.0 Å². The standard InChI is InChI=1S/C7H15BO2/c1-3-5-6-7(4-2)8(9)10/h6,9-10H,3-5H2,1-2H3/b7-6+. The molecule has 0 radical (unpaired) electrons. The van der Waals surface area contributed by atoms with E-state index in [-0.39, 0.29) is 0 Å². The Hall–Kier alpha value is -0.275. The second-order valence-corrected chi connectivity index (χ2v) is 2.29. The van der Waals surface area contributed by atoms with Gasteiger partial charge < -0.3 is 10.0 Å². The van der Waals surface area contributed by atoms with Crippen LogP contribution in [0.2, 0.25) is 0 Å². The lowest BCUT2D eigenvalue weighted by molar-refractivity contribution is 0.417. The molecule has 0 aliphatic rings. The number of hydrogen-bond donors (Lipinski definition) is 2. The molecular weight excluding hydrogens is 127 g/mol. The SMILES string of the molecule is CCC/C=C(\CC)B(O)O. The van der Waals surface area contributed by atoms with Crippen LogP contribution in [0, 0.1) is 0 Å². The number of allylic oxidation sites excluding steroid dienone is 2. The van der Waals surface area contributed by atoms with E-state index in [9.17, 15) is 0 Å². The maximum Gasteiger partial charge on any atom is 0.483 e. The van der Waals surface area contributed by atoms with Gasteiger partial charge in [0.25, 0.3) is 0 Å². The highest BCUT2D eigenvalue weighted by atomic mass is 16.4. The normalized spacial score (nSPS) is 11.8. The lowest BCUT2D eigenvalue weighted by Gasteiger charge is -2.00. The van der Waals surface area contributed by atoms with Gasteiger partial charge in [-0.15, -0.1) is 0 Å². The second kappa shape index (κ2) is 5.51. The van der Waals surface area contributed by atoms with Crippen LogP contribution in [0.1, 0.15) is 33.1 Å². The van der Waals surface area contributed by atoms with Crippen molar-refractivity contribution < 1.29 is 10.0 Å². The van der Waals surface area contributed by atoms with Gasteiger partial charge in [0.1, 0.15) is 0 Å². The Labute approximate surface area is 62.7 Å². The summed E-state index contributed by atoms with van der Waals surface area (Å²) >= 11 is 0. The molecular formula is C7H15BO2. The first kappa shape index (κ1) is 9.72. The van der Waals surface area contributed by atoms with Gasteiger partial charge in [-0.1, -0.05) is 26.3 Å². The minimum Gasteiger partial charge on any atom is -0.423 e. The van der Waals surface area contributed by atoms with Crippen molar-refractivity contribution >= 4 is 7.12 Å². The van der Waals surface area contributed by atoms with E-state index in [2.05, 4.69) is 6.92 Å². The quantitative estimate of drug-likeness (QED) is 0.577. The zero-order valence-corrected chi connectivity index (χ0v) is 6.67. The molecule has 0 fully saturated rings. The molecule has 3 heteroatoms. The first-order valence-corrected chi connectivity index (χ1v) is 3.77. The zero-order chi connectivity index (χ0) is 7.98. The highest BCUT2D eigenvalue weighted by Gasteiger charge is 2.10. The Morgan fingerprint density at radius 2 is 2.00 bits per heavy atom. The van der Waals surface area contributed by atoms with Gasteiger partial charge in [0, 0.05) is 0 Å². The van der Waals surface area contributed by atoms with E-state index < -0.39 is 7.12 Å². The topological polar surface area (TPSA) is 40.5 Å². The summed E-state index contributed by atoms with van der Waals surface area (Å²) < 4.78 is 0. The van der Waals surface area contributed by atoms with Crippen molar-refractivity contribution in [1.82, 2.24) is 0 Å². The molecule has 0 amide bonds. The van der Waals surface area contributed by atoms with Gasteiger partial charge in [-0.3, -0.25) is 0 Å². The Balaban J connectivity index is 3.79. The van der Waals surface area contributed by atoms with Crippen LogP contribution in [0.15, 0.2) is 11.5 Å². The highest BCUT2D eigenvalue weighted by Crippen LogP contribution is 2.04. The average Bonchev–Trinajstić information content (AvgIpc) is 1.89. The van der Waals surface area contributed by atoms with E-state index in [0.717, 1.165) is 24.7 Å². The maximum absolute atomic E-state index is 8.73. The van der Waals surface area contributed by atoms with Crippen molar-refractivity contribution in [3.05, 3.63) is 11.5 Å². The third kappa shape index (κ3) is 3.69. The van der Waals surface area contributed by atoms with Gasteiger partial charge in [-0.05, 0) is 18.3 Å². The molecule has 0 bridgehead atoms. The lowest BCUT2D eigenvalue weighted by Crippen LogP contribution is -2.14. The molecule has 2 N–H and O–H groups in total. The summed E-state index contributed by atoms with van der Waals surface area (Å²) in [5.74, 6) is 0. The van der Waals surface area contributed by atoms with Crippen LogP contribution < -0.4 is 0 Å². The molecule has 0 aromatic rings. The molecule has 2 nitrogen and oxygen atoms in total. The van der Waals surface area contributed by atoms with Crippen LogP contribution >= 0.6 is 0 Å². The number of unbranched alkanes of at least 4 members (excludes halogenated alkanes) is 1. The van der Waals surface area contributed by atoms with Crippen molar-refractivity contribution in [3.63, 3.8) is 0 Å². The molecule has 0 aliphatic heterocycles. The van der Waals surface area contributed by atoms with E-state index in [4.69, 9.17) is 10.0 Å². The summed E-state index contributed by atoms with van der Waals surface area (Å²) in [7, 11) is -1.25. The monoisotopic (exact) mass is 142 g/mol. The number of rotatable bonds is 4. The third-order valence-electron chi connectivity index (χ3n) is 1.44. The van der Waals surface area contributed by atoms with Crippen molar-refractivity contribution in [2.45, 2.75) is 33.1 Å². The van der Waals surface area contributed by atoms with E-state index >= 15 is 0 Å². The van der Waals surface area contributed by atoms with Crippen LogP contribution in [0.3, 0.4) is 0 Å². The van der Waals surface area contributed by atoms with E-state index in [1.165, 1.54) is 0 Å². The average molecular weight is 142 g/mol. The lowest BCUT2D eigenvalue weighted by atomic mass is 9.77. The fourth-order valence-corrected chi connectivity index (χ4v) is 0.762. The Morgan fingerprint density at radius 3 is 2.30 bits per heavy atom. The van der Waals surface area contributed by atoms with Crippen molar-refractivity contribution in [3.8, 4) is 0 Å². The Morgan fingerprint density at radius 1 is 1.40 bits per heavy atom. The van der Waals surface area contributed by atoms with Crippen LogP contribution in [0.5, 0.6) is 0 Å². The molecule has 0 atom stereocenters. The van der Waals surface area contributed by atoms with Gasteiger partial charge in [-0.2, -0.15) is 0 Å². The second-order valence-electron chi connectivity index (χ2n) is 2.29. The minimum absolute atomic E-state index is 0.720. The van der Waals surface area contributed by atoms with Crippen LogP contribution in [0.4, 0.5) is 0 Å². The van der Waals surface area contributed by atoms with Gasteiger partial charge in [0.15, 0.2) is 0 Å². The Kier molecular flexibility index (Phi) is 5.35. The zero-order valence-electron chi connectivity index (χ0n) is 6.67. The van der Waals surface area contributed by atoms with Gasteiger partial charge in [-0.25, -0.2) is 0 Å². The summed E-state index contributed by atoms with van der Waals surface area (Å²) in [5.41, 5.74) is 0.724. The van der Waals surface area contributed by atoms with Crippen LogP contribution in [-0.2, 0) is 0 Å². The summed E-state index contributed by atoms with van der Waals surface area (Å²) in [4.78, 5) is 0. The maximum atomic E-state index is 8.73. The van der Waals surface area contributed by atoms with Crippen LogP contribution in [-0.4, -0.2) is 17.2 Å². The first-order chi connectivity index (χ1) is 4.72. The molecule has 0 saturated heterocycles. The van der Waals surface area contributed by atoms with Crippen molar-refractivity contribution in [1.29, 1.82) is 0 Å². The van der Waals surface area contributed by atoms with E-state index in [0.29, 0.717) is 0 Å². The largest absolute Gasteiger partial charge is 0.483 e. The first-order valence-electron chi connectivity index (χ1n) is 3.77. The molecule has 0 aliphatic carbocycles. The smallest absolute Gasteiger partial charge is 0.423 e. The predicted octanol–water partition coefficient (Wildman–Crippen LogP) is 1.13. The molecule has 10 heavy (non-hydrogen) atoms. The van der Waals surface area contributed by atoms with Gasteiger partial charge in [0.2, 0.25) is 0 Å². The molecule has 0 spiro atoms. The van der Waals surface area contributed by atoms with E-state index in [1.54, 1.807) is 0 Å². The number of hydrogen-bond acceptors (Lipinski definition) is 2. The molecule has 0 aromatic heterocycles. The highest BCUT2D eigenvalue weighted by molar-refractivity contribution is 6.50. The molecule has 0 aromatic carbocycles. The van der Waals surface area contributed by atoms with Gasteiger partial charge >= 0.3 is 7.12 Å². The molecule has 58 valence electrons. The van der Waals surface area contributed by atoms with Crippen molar-refractivity contribution in [2.24, 2.45) is 0 Å².